The van der Waals surface area contributed by atoms with Gasteiger partial charge in [0, 0.05) is 40.0 Å². The second-order valence-electron chi connectivity index (χ2n) is 9.27. The Kier molecular flexibility index (Phi) is 6.25. The highest BCUT2D eigenvalue weighted by molar-refractivity contribution is 6.40. The number of pyridine rings is 1. The lowest BCUT2D eigenvalue weighted by Crippen LogP contribution is -2.37. The molecule has 0 spiro atoms. The van der Waals surface area contributed by atoms with E-state index < -0.39 is 15.1 Å². The van der Waals surface area contributed by atoms with Crippen LogP contribution in [0.1, 0.15) is 16.8 Å². The number of rotatable bonds is 2. The summed E-state index contributed by atoms with van der Waals surface area (Å²) in [7, 11) is 0. The zero-order chi connectivity index (χ0) is 26.9. The summed E-state index contributed by atoms with van der Waals surface area (Å²) < 4.78 is 25.6. The van der Waals surface area contributed by atoms with E-state index in [2.05, 4.69) is 4.99 Å². The predicted octanol–water partition coefficient (Wildman–Crippen LogP) is 7.63. The molecule has 0 fully saturated rings. The van der Waals surface area contributed by atoms with Gasteiger partial charge in [-0.2, -0.15) is 0 Å². The van der Waals surface area contributed by atoms with E-state index in [1.54, 1.807) is 12.4 Å². The highest BCUT2D eigenvalue weighted by atomic mass is 27.3. The monoisotopic (exact) mass is 539 g/mol. The van der Waals surface area contributed by atoms with Crippen LogP contribution in [0.25, 0.3) is 21.9 Å². The molecule has 40 heavy (non-hydrogen) atoms. The van der Waals surface area contributed by atoms with Gasteiger partial charge in [-0.1, -0.05) is 54.6 Å². The second-order valence-corrected chi connectivity index (χ2v) is 10.6. The summed E-state index contributed by atoms with van der Waals surface area (Å²) in [4.78, 5) is 14.2. The summed E-state index contributed by atoms with van der Waals surface area (Å²) in [6, 6.07) is 32.9. The van der Waals surface area contributed by atoms with Crippen molar-refractivity contribution in [1.29, 1.82) is 0 Å². The Balaban J connectivity index is 1.37. The topological polar surface area (TPSA) is 78.4 Å². The van der Waals surface area contributed by atoms with Crippen molar-refractivity contribution < 1.29 is 15.8 Å². The number of aliphatic imine (C=N–C) groups is 2. The molecule has 0 aliphatic carbocycles. The summed E-state index contributed by atoms with van der Waals surface area (Å²) in [5, 5.41) is 1.85. The third-order valence-corrected chi connectivity index (χ3v) is 7.87. The zero-order valence-corrected chi connectivity index (χ0v) is 22.7. The van der Waals surface area contributed by atoms with Crippen LogP contribution in [0, 0.1) is 6.92 Å². The number of nitrogens with zero attached hydrogens (tertiary/aromatic N) is 3. The fourth-order valence-electron chi connectivity index (χ4n) is 4.58. The van der Waals surface area contributed by atoms with Gasteiger partial charge in [0.2, 0.25) is 5.88 Å². The van der Waals surface area contributed by atoms with Crippen molar-refractivity contribution in [2.45, 2.75) is 6.92 Å². The summed E-state index contributed by atoms with van der Waals surface area (Å²) in [6.45, 7) is 1.96. The molecule has 192 valence electrons. The van der Waals surface area contributed by atoms with Crippen LogP contribution in [0.15, 0.2) is 118 Å². The summed E-state index contributed by atoms with van der Waals surface area (Å²) >= 11 is -2.91. The smallest absolute Gasteiger partial charge is 0.577 e. The Morgan fingerprint density at radius 2 is 1.38 bits per heavy atom. The van der Waals surface area contributed by atoms with Crippen LogP contribution >= 0.6 is 0 Å². The third-order valence-electron chi connectivity index (χ3n) is 6.54. The van der Waals surface area contributed by atoms with Crippen molar-refractivity contribution in [2.75, 3.05) is 0 Å². The molecule has 1 aliphatic rings. The first-order valence-electron chi connectivity index (χ1n) is 12.9. The van der Waals surface area contributed by atoms with E-state index in [1.807, 2.05) is 110 Å². The predicted molar refractivity (Wildman–Crippen MR) is 158 cm³/mol. The van der Waals surface area contributed by atoms with Gasteiger partial charge >= 0.3 is 15.1 Å². The van der Waals surface area contributed by atoms with Gasteiger partial charge in [-0.3, -0.25) is 0 Å². The van der Waals surface area contributed by atoms with Crippen LogP contribution < -0.4 is 11.4 Å². The maximum absolute atomic E-state index is 6.51. The Hall–Kier alpha value is -4.90. The lowest BCUT2D eigenvalue weighted by Gasteiger charge is -2.19. The molecule has 0 bridgehead atoms. The van der Waals surface area contributed by atoms with Crippen molar-refractivity contribution >= 4 is 61.0 Å². The maximum atomic E-state index is 6.51. The molecular weight excluding hydrogens is 517 g/mol. The largest absolute Gasteiger partial charge is 1.20 e. The summed E-state index contributed by atoms with van der Waals surface area (Å²) in [5.74, 6) is 2.19. The van der Waals surface area contributed by atoms with E-state index in [1.165, 1.54) is 0 Å². The highest BCUT2D eigenvalue weighted by Gasteiger charge is 2.45. The second kappa shape index (κ2) is 10.3. The lowest BCUT2D eigenvalue weighted by atomic mass is 10.2. The van der Waals surface area contributed by atoms with E-state index >= 15 is 0 Å². The molecule has 8 heteroatoms. The average molecular weight is 540 g/mol. The first-order chi connectivity index (χ1) is 19.7. The summed E-state index contributed by atoms with van der Waals surface area (Å²) in [6.07, 6.45) is 3.47. The van der Waals surface area contributed by atoms with Crippen LogP contribution in [0.3, 0.4) is 0 Å². The lowest BCUT2D eigenvalue weighted by molar-refractivity contribution is 0.308. The van der Waals surface area contributed by atoms with Crippen LogP contribution in [0.5, 0.6) is 17.2 Å². The van der Waals surface area contributed by atoms with Gasteiger partial charge < -0.3 is 15.8 Å². The van der Waals surface area contributed by atoms with Crippen molar-refractivity contribution in [2.24, 2.45) is 9.98 Å². The average Bonchev–Trinajstić information content (AvgIpc) is 3.33. The molecule has 0 radical (unpaired) electrons. The van der Waals surface area contributed by atoms with E-state index in [0.717, 1.165) is 33.1 Å². The van der Waals surface area contributed by atoms with Crippen molar-refractivity contribution in [3.8, 4) is 17.2 Å². The SMILES string of the molecule is Cc1ccc2cccc([O][Al]3[O]c4ccccc4C=Nc4oc5ccccc5c4N=Cc4ccccc4[O]3)c2n1. The number of aryl methyl sites for hydroxylation is 1. The Morgan fingerprint density at radius 3 is 2.17 bits per heavy atom. The molecule has 7 rings (SSSR count). The van der Waals surface area contributed by atoms with Crippen LogP contribution in [0.4, 0.5) is 11.6 Å². The van der Waals surface area contributed by atoms with Gasteiger partial charge in [0.1, 0.15) is 22.5 Å². The van der Waals surface area contributed by atoms with E-state index in [-0.39, 0.29) is 0 Å². The molecule has 0 N–H and O–H groups in total. The van der Waals surface area contributed by atoms with Crippen molar-refractivity contribution in [1.82, 2.24) is 4.98 Å². The van der Waals surface area contributed by atoms with Crippen LogP contribution in [-0.2, 0) is 0 Å². The number of hydrogen-bond acceptors (Lipinski definition) is 7. The van der Waals surface area contributed by atoms with Crippen molar-refractivity contribution in [3.63, 3.8) is 0 Å². The van der Waals surface area contributed by atoms with E-state index in [9.17, 15) is 0 Å². The normalized spacial score (nSPS) is 12.8. The molecule has 0 atom stereocenters. The molecule has 6 aromatic rings. The zero-order valence-electron chi connectivity index (χ0n) is 21.5. The van der Waals surface area contributed by atoms with Crippen molar-refractivity contribution in [3.05, 3.63) is 120 Å². The number of aromatic nitrogens is 1. The molecule has 0 unspecified atom stereocenters. The quantitative estimate of drug-likeness (QED) is 0.212. The molecule has 2 aromatic heterocycles. The Morgan fingerprint density at radius 1 is 0.675 bits per heavy atom. The molecule has 3 heterocycles. The minimum absolute atomic E-state index is 0.409. The molecule has 4 aromatic carbocycles. The minimum Gasteiger partial charge on any atom is -0.577 e. The van der Waals surface area contributed by atoms with Crippen LogP contribution in [0.2, 0.25) is 0 Å². The molecule has 0 saturated carbocycles. The number of hydrogen-bond donors (Lipinski definition) is 0. The molecule has 7 nitrogen and oxygen atoms in total. The fraction of sp³-hybridized carbons (Fsp3) is 0.0312. The number of para-hydroxylation sites is 4. The fourth-order valence-corrected chi connectivity index (χ4v) is 5.96. The molecule has 0 amide bonds. The van der Waals surface area contributed by atoms with Gasteiger partial charge in [-0.15, -0.1) is 0 Å². The van der Waals surface area contributed by atoms with Gasteiger partial charge in [0.05, 0.1) is 11.5 Å². The number of benzene rings is 4. The first kappa shape index (κ1) is 24.2. The standard InChI is InChI=1S/C22H16N2O3.C10H9NO.Al/c25-18-10-4-1-7-15(18)13-23-21-17-9-3-6-12-20(17)27-22(21)24-14-16-8-2-5-11-19(16)26;1-7-5-6-8-3-2-4-9(12)10(8)11-7;/h1-14,25-26H;2-6,12H,1H3;/q;;+3/p-3. The summed E-state index contributed by atoms with van der Waals surface area (Å²) in [5.41, 5.74) is 4.53. The number of furan rings is 1. The van der Waals surface area contributed by atoms with Crippen LogP contribution in [-0.4, -0.2) is 32.6 Å². The van der Waals surface area contributed by atoms with Gasteiger partial charge in [-0.25, -0.2) is 15.0 Å². The Labute approximate surface area is 235 Å². The van der Waals surface area contributed by atoms with Gasteiger partial charge in [0.25, 0.3) is 0 Å². The Bertz CT molecular complexity index is 1930. The first-order valence-corrected chi connectivity index (χ1v) is 14.3. The molecular formula is C32H22AlN3O4. The number of fused-ring (bicyclic) bond motifs is 6. The van der Waals surface area contributed by atoms with Gasteiger partial charge in [-0.05, 0) is 55.5 Å². The third kappa shape index (κ3) is 4.71. The maximum Gasteiger partial charge on any atom is 1.20 e. The molecule has 0 saturated heterocycles. The van der Waals surface area contributed by atoms with E-state index in [4.69, 9.17) is 25.8 Å². The van der Waals surface area contributed by atoms with E-state index in [0.29, 0.717) is 34.4 Å². The minimum atomic E-state index is -2.91. The van der Waals surface area contributed by atoms with Gasteiger partial charge in [0.15, 0.2) is 0 Å². The molecule has 1 aliphatic heterocycles. The highest BCUT2D eigenvalue weighted by Crippen LogP contribution is 2.40.